The zero-order valence-electron chi connectivity index (χ0n) is 16.6. The maximum absolute atomic E-state index is 10.7. The zero-order chi connectivity index (χ0) is 17.1. The van der Waals surface area contributed by atoms with E-state index >= 15 is 0 Å². The number of aliphatic hydroxyl groups is 1. The number of unbranched alkanes of at least 4 members (excludes halogenated alkanes) is 5. The molecular formula is C21H44OSn. The predicted octanol–water partition coefficient (Wildman–Crippen LogP) is 7.17. The molecule has 3 atom stereocenters. The van der Waals surface area contributed by atoms with Gasteiger partial charge < -0.3 is 0 Å². The van der Waals surface area contributed by atoms with E-state index in [4.69, 9.17) is 0 Å². The Morgan fingerprint density at radius 1 is 0.783 bits per heavy atom. The summed E-state index contributed by atoms with van der Waals surface area (Å²) in [5.74, 6) is 0.716. The first-order chi connectivity index (χ1) is 11.1. The molecule has 0 heterocycles. The number of hydrogen-bond donors (Lipinski definition) is 1. The van der Waals surface area contributed by atoms with E-state index in [0.29, 0.717) is 5.92 Å². The molecule has 0 aromatic heterocycles. The molecule has 1 aliphatic rings. The fourth-order valence-electron chi connectivity index (χ4n) is 4.68. The van der Waals surface area contributed by atoms with Crippen molar-refractivity contribution in [2.75, 3.05) is 0 Å². The minimum absolute atomic E-state index is 0.0347. The van der Waals surface area contributed by atoms with Gasteiger partial charge >= 0.3 is 151 Å². The summed E-state index contributed by atoms with van der Waals surface area (Å²) in [4.78, 5) is 0. The molecule has 23 heavy (non-hydrogen) atoms. The molecule has 0 aromatic rings. The Morgan fingerprint density at radius 2 is 1.26 bits per heavy atom. The third-order valence-corrected chi connectivity index (χ3v) is 24.2. The van der Waals surface area contributed by atoms with Gasteiger partial charge in [-0.3, -0.25) is 0 Å². The van der Waals surface area contributed by atoms with Crippen LogP contribution in [0.3, 0.4) is 0 Å². The van der Waals surface area contributed by atoms with Gasteiger partial charge in [0.1, 0.15) is 0 Å². The van der Waals surface area contributed by atoms with Crippen molar-refractivity contribution in [3.05, 3.63) is 0 Å². The molecule has 0 bridgehead atoms. The molecule has 0 spiro atoms. The maximum atomic E-state index is 10.7. The molecule has 1 aliphatic carbocycles. The first kappa shape index (κ1) is 21.8. The van der Waals surface area contributed by atoms with Gasteiger partial charge in [-0.2, -0.15) is 0 Å². The fraction of sp³-hybridized carbons (Fsp3) is 1.00. The van der Waals surface area contributed by atoms with Crippen LogP contribution in [0.2, 0.25) is 17.2 Å². The molecule has 138 valence electrons. The van der Waals surface area contributed by atoms with Gasteiger partial charge in [0, 0.05) is 0 Å². The number of rotatable bonds is 15. The molecule has 0 saturated heterocycles. The van der Waals surface area contributed by atoms with Crippen molar-refractivity contribution in [1.82, 2.24) is 0 Å². The Morgan fingerprint density at radius 3 is 1.70 bits per heavy atom. The second kappa shape index (κ2) is 12.2. The van der Waals surface area contributed by atoms with Crippen molar-refractivity contribution < 1.29 is 5.11 Å². The van der Waals surface area contributed by atoms with Crippen molar-refractivity contribution in [2.24, 2.45) is 5.92 Å². The molecule has 0 radical (unpaired) electrons. The number of aliphatic hydroxyl groups excluding tert-OH is 1. The Kier molecular flexibility index (Phi) is 11.5. The molecule has 0 aliphatic heterocycles. The molecule has 1 fully saturated rings. The van der Waals surface area contributed by atoms with Crippen LogP contribution in [-0.2, 0) is 0 Å². The molecule has 0 aromatic carbocycles. The SMILES string of the molecule is CCCCC[C@@H](O)[C@H]1C[C@@H]1[Sn]([CH2]CCC)([CH2]CCC)[CH2]CCC. The molecular weight excluding hydrogens is 387 g/mol. The van der Waals surface area contributed by atoms with Gasteiger partial charge in [-0.1, -0.05) is 0 Å². The van der Waals surface area contributed by atoms with Crippen LogP contribution in [0.4, 0.5) is 0 Å². The Labute approximate surface area is 150 Å². The van der Waals surface area contributed by atoms with Gasteiger partial charge in [0.25, 0.3) is 0 Å². The molecule has 1 nitrogen and oxygen atoms in total. The Bertz CT molecular complexity index is 270. The van der Waals surface area contributed by atoms with Gasteiger partial charge in [0.15, 0.2) is 0 Å². The van der Waals surface area contributed by atoms with Crippen LogP contribution in [0, 0.1) is 5.92 Å². The van der Waals surface area contributed by atoms with Crippen molar-refractivity contribution in [1.29, 1.82) is 0 Å². The van der Waals surface area contributed by atoms with Crippen LogP contribution in [0.25, 0.3) is 0 Å². The van der Waals surface area contributed by atoms with Crippen molar-refractivity contribution >= 4 is 18.4 Å². The third kappa shape index (κ3) is 7.26. The Balaban J connectivity index is 2.66. The van der Waals surface area contributed by atoms with E-state index < -0.39 is 18.4 Å². The van der Waals surface area contributed by atoms with E-state index in [1.54, 1.807) is 13.3 Å². The van der Waals surface area contributed by atoms with Crippen molar-refractivity contribution in [2.45, 2.75) is 122 Å². The summed E-state index contributed by atoms with van der Waals surface area (Å²) in [6, 6.07) is 0. The summed E-state index contributed by atoms with van der Waals surface area (Å²) in [7, 11) is 0. The van der Waals surface area contributed by atoms with Crippen LogP contribution in [0.5, 0.6) is 0 Å². The van der Waals surface area contributed by atoms with E-state index in [-0.39, 0.29) is 6.10 Å². The molecule has 1 N–H and O–H groups in total. The quantitative estimate of drug-likeness (QED) is 0.215. The van der Waals surface area contributed by atoms with E-state index in [0.717, 1.165) is 10.4 Å². The first-order valence-electron chi connectivity index (χ1n) is 10.8. The second-order valence-electron chi connectivity index (χ2n) is 8.24. The van der Waals surface area contributed by atoms with Gasteiger partial charge in [-0.05, 0) is 0 Å². The fourth-order valence-corrected chi connectivity index (χ4v) is 24.5. The van der Waals surface area contributed by atoms with Gasteiger partial charge in [-0.15, -0.1) is 0 Å². The molecule has 0 amide bonds. The Hall–Kier alpha value is 0.759. The van der Waals surface area contributed by atoms with Crippen molar-refractivity contribution in [3.63, 3.8) is 0 Å². The summed E-state index contributed by atoms with van der Waals surface area (Å²) in [5.41, 5.74) is 0. The molecule has 1 saturated carbocycles. The predicted molar refractivity (Wildman–Crippen MR) is 107 cm³/mol. The first-order valence-corrected chi connectivity index (χ1v) is 18.5. The van der Waals surface area contributed by atoms with Crippen LogP contribution < -0.4 is 0 Å². The van der Waals surface area contributed by atoms with E-state index in [9.17, 15) is 5.11 Å². The summed E-state index contributed by atoms with van der Waals surface area (Å²) in [6.45, 7) is 9.34. The number of hydrogen-bond acceptors (Lipinski definition) is 1. The molecule has 0 unspecified atom stereocenters. The summed E-state index contributed by atoms with van der Waals surface area (Å²) in [6.07, 6.45) is 14.8. The summed E-state index contributed by atoms with van der Waals surface area (Å²) < 4.78 is 5.89. The third-order valence-electron chi connectivity index (χ3n) is 6.31. The van der Waals surface area contributed by atoms with Crippen molar-refractivity contribution in [3.8, 4) is 0 Å². The van der Waals surface area contributed by atoms with E-state index in [2.05, 4.69) is 27.7 Å². The molecule has 2 heteroatoms. The molecule has 1 rings (SSSR count). The average Bonchev–Trinajstić information content (AvgIpc) is 3.36. The van der Waals surface area contributed by atoms with Gasteiger partial charge in [0.2, 0.25) is 0 Å². The van der Waals surface area contributed by atoms with Crippen LogP contribution in [-0.4, -0.2) is 29.6 Å². The summed E-state index contributed by atoms with van der Waals surface area (Å²) in [5, 5.41) is 10.7. The summed E-state index contributed by atoms with van der Waals surface area (Å²) >= 11 is -2.03. The monoisotopic (exact) mass is 432 g/mol. The van der Waals surface area contributed by atoms with E-state index in [1.165, 1.54) is 64.2 Å². The van der Waals surface area contributed by atoms with Crippen LogP contribution in [0.15, 0.2) is 0 Å². The minimum atomic E-state index is -2.03. The normalized spacial score (nSPS) is 22.3. The second-order valence-corrected chi connectivity index (χ2v) is 22.4. The topological polar surface area (TPSA) is 20.2 Å². The van der Waals surface area contributed by atoms with Gasteiger partial charge in [0.05, 0.1) is 0 Å². The zero-order valence-corrected chi connectivity index (χ0v) is 19.4. The average molecular weight is 431 g/mol. The van der Waals surface area contributed by atoms with Crippen LogP contribution in [0.1, 0.15) is 98.3 Å². The van der Waals surface area contributed by atoms with Gasteiger partial charge in [-0.25, -0.2) is 0 Å². The van der Waals surface area contributed by atoms with E-state index in [1.807, 2.05) is 0 Å². The van der Waals surface area contributed by atoms with Crippen LogP contribution >= 0.6 is 0 Å². The standard InChI is InChI=1S/C9H17O.3C4H9.Sn/c1-2-3-4-5-9(10)8-6-7-8;3*1-3-4-2;/h6,8-10H,2-5,7H2,1H3;3*1,3-4H2,2H3;/t8-,9-;;;;/m1..../s1.